The molecule has 1 saturated carbocycles. The van der Waals surface area contributed by atoms with Crippen molar-refractivity contribution in [2.45, 2.75) is 38.4 Å². The molecule has 3 N–H and O–H groups in total. The molecular formula is C31H27F4N5O4. The summed E-state index contributed by atoms with van der Waals surface area (Å²) in [6.07, 6.45) is -1.89. The highest BCUT2D eigenvalue weighted by Gasteiger charge is 2.48. The molecule has 2 amide bonds. The van der Waals surface area contributed by atoms with Gasteiger partial charge in [-0.15, -0.1) is 0 Å². The lowest BCUT2D eigenvalue weighted by Gasteiger charge is -2.23. The van der Waals surface area contributed by atoms with Gasteiger partial charge in [0.2, 0.25) is 0 Å². The van der Waals surface area contributed by atoms with Crippen LogP contribution in [0.4, 0.5) is 34.6 Å². The van der Waals surface area contributed by atoms with E-state index in [1.54, 1.807) is 24.3 Å². The van der Waals surface area contributed by atoms with E-state index in [1.807, 2.05) is 0 Å². The van der Waals surface area contributed by atoms with Crippen molar-refractivity contribution in [3.63, 3.8) is 0 Å². The quantitative estimate of drug-likeness (QED) is 0.216. The molecule has 3 aromatic carbocycles. The zero-order valence-corrected chi connectivity index (χ0v) is 23.2. The Morgan fingerprint density at radius 2 is 1.68 bits per heavy atom. The average molecular weight is 610 g/mol. The van der Waals surface area contributed by atoms with Gasteiger partial charge in [0.1, 0.15) is 12.4 Å². The highest BCUT2D eigenvalue weighted by atomic mass is 19.4. The first-order chi connectivity index (χ1) is 20.9. The van der Waals surface area contributed by atoms with Crippen LogP contribution in [0.3, 0.4) is 0 Å². The summed E-state index contributed by atoms with van der Waals surface area (Å²) in [6.45, 7) is 0.120. The van der Waals surface area contributed by atoms with Gasteiger partial charge in [-0.1, -0.05) is 18.2 Å². The first kappa shape index (κ1) is 29.1. The van der Waals surface area contributed by atoms with E-state index >= 15 is 0 Å². The minimum atomic E-state index is -4.55. The number of anilines is 3. The number of alkyl halides is 3. The number of amides is 2. The van der Waals surface area contributed by atoms with Crippen LogP contribution in [0.1, 0.15) is 45.7 Å². The van der Waals surface area contributed by atoms with E-state index in [2.05, 4.69) is 20.6 Å². The van der Waals surface area contributed by atoms with Crippen LogP contribution >= 0.6 is 0 Å². The van der Waals surface area contributed by atoms with Crippen molar-refractivity contribution < 1.29 is 37.1 Å². The van der Waals surface area contributed by atoms with Gasteiger partial charge in [-0.2, -0.15) is 18.3 Å². The van der Waals surface area contributed by atoms with Crippen LogP contribution in [0.2, 0.25) is 0 Å². The standard InChI is InChI=1S/C31H27F4N5O4/c32-20-6-7-22(19(13-20)15-26(41)42)36-28(43)18-5-8-25(39-12-11-30(16-39)9-10-30)23(14-18)37-29(44)27-21-3-1-2-4-24(21)40(38-27)17-31(33,34)35/h1-8,13-14H,9-12,15-17H2,(H,36,43)(H,37,44)(H,41,42). The minimum absolute atomic E-state index is 0.0733. The maximum Gasteiger partial charge on any atom is 0.408 e. The van der Waals surface area contributed by atoms with E-state index in [-0.39, 0.29) is 44.5 Å². The number of fused-ring (bicyclic) bond motifs is 1. The maximum absolute atomic E-state index is 13.8. The molecule has 2 aliphatic rings. The lowest BCUT2D eigenvalue weighted by molar-refractivity contribution is -0.142. The first-order valence-electron chi connectivity index (χ1n) is 13.9. The van der Waals surface area contributed by atoms with Crippen LogP contribution < -0.4 is 15.5 Å². The Kier molecular flexibility index (Phi) is 7.26. The summed E-state index contributed by atoms with van der Waals surface area (Å²) in [5.41, 5.74) is 1.39. The summed E-state index contributed by atoms with van der Waals surface area (Å²) < 4.78 is 54.3. The van der Waals surface area contributed by atoms with Gasteiger partial charge in [0.15, 0.2) is 5.69 Å². The van der Waals surface area contributed by atoms with Crippen molar-refractivity contribution in [1.82, 2.24) is 9.78 Å². The van der Waals surface area contributed by atoms with Crippen molar-refractivity contribution in [1.29, 1.82) is 0 Å². The van der Waals surface area contributed by atoms with Crippen molar-refractivity contribution in [2.24, 2.45) is 5.41 Å². The van der Waals surface area contributed by atoms with Gasteiger partial charge in [-0.25, -0.2) is 4.39 Å². The fourth-order valence-electron chi connectivity index (χ4n) is 5.73. The predicted molar refractivity (Wildman–Crippen MR) is 154 cm³/mol. The Labute approximate surface area is 248 Å². The topological polar surface area (TPSA) is 117 Å². The van der Waals surface area contributed by atoms with Gasteiger partial charge in [0.25, 0.3) is 11.8 Å². The maximum atomic E-state index is 13.8. The molecule has 1 saturated heterocycles. The number of benzene rings is 3. The SMILES string of the molecule is O=C(O)Cc1cc(F)ccc1NC(=O)c1ccc(N2CCC3(CC3)C2)c(NC(=O)c2nn(CC(F)(F)F)c3ccccc23)c1. The molecule has 13 heteroatoms. The molecule has 0 atom stereocenters. The second-order valence-electron chi connectivity index (χ2n) is 11.3. The summed E-state index contributed by atoms with van der Waals surface area (Å²) in [6, 6.07) is 14.2. The number of aliphatic carboxylic acids is 1. The van der Waals surface area contributed by atoms with Gasteiger partial charge >= 0.3 is 12.1 Å². The summed E-state index contributed by atoms with van der Waals surface area (Å²) >= 11 is 0. The normalized spacial score (nSPS) is 15.5. The molecule has 1 aliphatic carbocycles. The average Bonchev–Trinajstić information content (AvgIpc) is 3.44. The highest BCUT2D eigenvalue weighted by molar-refractivity contribution is 6.13. The predicted octanol–water partition coefficient (Wildman–Crippen LogP) is 5.86. The monoisotopic (exact) mass is 609 g/mol. The van der Waals surface area contributed by atoms with E-state index < -0.39 is 42.7 Å². The number of nitrogens with zero attached hydrogens (tertiary/aromatic N) is 3. The zero-order valence-electron chi connectivity index (χ0n) is 23.2. The number of para-hydroxylation sites is 1. The molecule has 1 aliphatic heterocycles. The number of hydrogen-bond acceptors (Lipinski definition) is 5. The molecule has 6 rings (SSSR count). The third-order valence-electron chi connectivity index (χ3n) is 8.10. The summed E-state index contributed by atoms with van der Waals surface area (Å²) in [5, 5.41) is 18.8. The Morgan fingerprint density at radius 1 is 0.932 bits per heavy atom. The van der Waals surface area contributed by atoms with E-state index in [0.717, 1.165) is 49.2 Å². The van der Waals surface area contributed by atoms with E-state index in [9.17, 15) is 37.1 Å². The lowest BCUT2D eigenvalue weighted by Crippen LogP contribution is -2.24. The van der Waals surface area contributed by atoms with Crippen LogP contribution in [0, 0.1) is 11.2 Å². The second kappa shape index (κ2) is 11.0. The number of nitrogens with one attached hydrogen (secondary N) is 2. The molecule has 2 heterocycles. The molecule has 44 heavy (non-hydrogen) atoms. The number of carbonyl (C=O) groups excluding carboxylic acids is 2. The zero-order chi connectivity index (χ0) is 31.2. The van der Waals surface area contributed by atoms with E-state index in [4.69, 9.17) is 0 Å². The van der Waals surface area contributed by atoms with Crippen molar-refractivity contribution in [2.75, 3.05) is 28.6 Å². The van der Waals surface area contributed by atoms with E-state index in [1.165, 1.54) is 24.3 Å². The van der Waals surface area contributed by atoms with Gasteiger partial charge in [-0.05, 0) is 72.7 Å². The summed E-state index contributed by atoms with van der Waals surface area (Å²) in [5.74, 6) is -3.24. The Hall–Kier alpha value is -4.94. The number of aromatic nitrogens is 2. The molecule has 9 nitrogen and oxygen atoms in total. The fraction of sp³-hybridized carbons (Fsp3) is 0.290. The highest BCUT2D eigenvalue weighted by Crippen LogP contribution is 2.54. The summed E-state index contributed by atoms with van der Waals surface area (Å²) in [4.78, 5) is 40.3. The Bertz CT molecular complexity index is 1800. The van der Waals surface area contributed by atoms with Crippen molar-refractivity contribution in [3.05, 3.63) is 83.3 Å². The van der Waals surface area contributed by atoms with Crippen LogP contribution in [-0.4, -0.2) is 51.9 Å². The van der Waals surface area contributed by atoms with Gasteiger partial charge in [-0.3, -0.25) is 19.1 Å². The first-order valence-corrected chi connectivity index (χ1v) is 13.9. The largest absolute Gasteiger partial charge is 0.481 e. The number of halogens is 4. The molecule has 4 aromatic rings. The summed E-state index contributed by atoms with van der Waals surface area (Å²) in [7, 11) is 0. The number of carboxylic acid groups (broad SMARTS) is 1. The van der Waals surface area contributed by atoms with Crippen LogP contribution in [0.25, 0.3) is 10.9 Å². The van der Waals surface area contributed by atoms with Crippen LogP contribution in [-0.2, 0) is 17.8 Å². The lowest BCUT2D eigenvalue weighted by atomic mass is 10.1. The van der Waals surface area contributed by atoms with Gasteiger partial charge < -0.3 is 20.6 Å². The van der Waals surface area contributed by atoms with Crippen molar-refractivity contribution in [3.8, 4) is 0 Å². The number of carboxylic acids is 1. The third-order valence-corrected chi connectivity index (χ3v) is 8.10. The molecule has 0 unspecified atom stereocenters. The van der Waals surface area contributed by atoms with Crippen LogP contribution in [0.5, 0.6) is 0 Å². The van der Waals surface area contributed by atoms with E-state index in [0.29, 0.717) is 5.69 Å². The molecule has 2 fully saturated rings. The fourth-order valence-corrected chi connectivity index (χ4v) is 5.73. The second-order valence-corrected chi connectivity index (χ2v) is 11.3. The van der Waals surface area contributed by atoms with Gasteiger partial charge in [0.05, 0.1) is 23.3 Å². The minimum Gasteiger partial charge on any atom is -0.481 e. The smallest absolute Gasteiger partial charge is 0.408 e. The Morgan fingerprint density at radius 3 is 2.39 bits per heavy atom. The molecule has 0 bridgehead atoms. The number of hydrogen-bond donors (Lipinski definition) is 3. The molecule has 0 radical (unpaired) electrons. The number of rotatable bonds is 8. The molecular weight excluding hydrogens is 582 g/mol. The third kappa shape index (κ3) is 6.08. The molecule has 1 aromatic heterocycles. The number of carbonyl (C=O) groups is 3. The van der Waals surface area contributed by atoms with Crippen molar-refractivity contribution >= 4 is 45.7 Å². The Balaban J connectivity index is 1.33. The molecule has 228 valence electrons. The van der Waals surface area contributed by atoms with Gasteiger partial charge in [0, 0.05) is 29.7 Å². The van der Waals surface area contributed by atoms with Crippen LogP contribution in [0.15, 0.2) is 60.7 Å². The molecule has 1 spiro atoms.